The lowest BCUT2D eigenvalue weighted by Gasteiger charge is -2.27. The largest absolute Gasteiger partial charge is 0.508 e. The van der Waals surface area contributed by atoms with Crippen LogP contribution in [0.15, 0.2) is 200 Å². The molecule has 0 aliphatic heterocycles. The first-order valence-corrected chi connectivity index (χ1v) is 20.5. The Morgan fingerprint density at radius 3 is 1.10 bits per heavy atom. The van der Waals surface area contributed by atoms with Gasteiger partial charge in [-0.05, 0) is 155 Å². The summed E-state index contributed by atoms with van der Waals surface area (Å²) in [5.41, 5.74) is 12.2. The van der Waals surface area contributed by atoms with Crippen molar-refractivity contribution in [3.05, 3.63) is 222 Å². The number of ketones is 1. The quantitative estimate of drug-likeness (QED) is 0.118. The van der Waals surface area contributed by atoms with Crippen LogP contribution in [0.5, 0.6) is 17.2 Å². The van der Waals surface area contributed by atoms with Crippen LogP contribution in [0.2, 0.25) is 0 Å². The molecule has 1 N–H and O–H groups in total. The second-order valence-corrected chi connectivity index (χ2v) is 15.6. The molecule has 0 spiro atoms. The molecule has 0 heterocycles. The molecule has 8 aromatic carbocycles. The summed E-state index contributed by atoms with van der Waals surface area (Å²) in [4.78, 5) is 17.4. The normalized spacial score (nSPS) is 11.1. The van der Waals surface area contributed by atoms with E-state index in [-0.39, 0.29) is 11.5 Å². The van der Waals surface area contributed by atoms with Crippen LogP contribution in [0.1, 0.15) is 66.6 Å². The third kappa shape index (κ3) is 8.86. The number of phenolic OH excluding ortho intramolecular Hbond substituents is 1. The van der Waals surface area contributed by atoms with Gasteiger partial charge < -0.3 is 19.6 Å². The molecule has 0 fully saturated rings. The fourth-order valence-electron chi connectivity index (χ4n) is 7.35. The maximum absolute atomic E-state index is 12.9. The van der Waals surface area contributed by atoms with Crippen molar-refractivity contribution in [2.24, 2.45) is 0 Å². The summed E-state index contributed by atoms with van der Waals surface area (Å²) in [5, 5.41) is 10.0. The van der Waals surface area contributed by atoms with Crippen LogP contribution in [0.25, 0.3) is 11.1 Å². The molecule has 0 aliphatic rings. The lowest BCUT2D eigenvalue weighted by molar-refractivity contribution is 0.103. The van der Waals surface area contributed by atoms with E-state index in [9.17, 15) is 9.90 Å². The van der Waals surface area contributed by atoms with Gasteiger partial charge in [0.25, 0.3) is 0 Å². The summed E-state index contributed by atoms with van der Waals surface area (Å²) < 4.78 is 6.22. The van der Waals surface area contributed by atoms with Crippen molar-refractivity contribution >= 4 is 39.9 Å². The Balaban J connectivity index is 1.04. The average Bonchev–Trinajstić information content (AvgIpc) is 3.29. The van der Waals surface area contributed by atoms with Crippen LogP contribution in [0, 0.1) is 0 Å². The minimum atomic E-state index is -0.0174. The van der Waals surface area contributed by atoms with Crippen LogP contribution in [-0.2, 0) is 0 Å². The average molecular weight is 785 g/mol. The minimum absolute atomic E-state index is 0.0174. The van der Waals surface area contributed by atoms with Gasteiger partial charge in [-0.2, -0.15) is 0 Å². The van der Waals surface area contributed by atoms with Gasteiger partial charge in [-0.3, -0.25) is 4.79 Å². The molecule has 8 rings (SSSR count). The number of rotatable bonds is 13. The predicted molar refractivity (Wildman–Crippen MR) is 247 cm³/mol. The minimum Gasteiger partial charge on any atom is -0.508 e. The zero-order valence-corrected chi connectivity index (χ0v) is 34.4. The number of phenols is 1. The number of nitrogens with zero attached hydrogens (tertiary/aromatic N) is 2. The molecule has 5 nitrogen and oxygen atoms in total. The predicted octanol–water partition coefficient (Wildman–Crippen LogP) is 15.3. The van der Waals surface area contributed by atoms with Crippen molar-refractivity contribution < 1.29 is 14.6 Å². The number of carbonyl (C=O) groups is 1. The van der Waals surface area contributed by atoms with Gasteiger partial charge in [-0.1, -0.05) is 107 Å². The van der Waals surface area contributed by atoms with E-state index in [1.807, 2.05) is 66.7 Å². The summed E-state index contributed by atoms with van der Waals surface area (Å²) >= 11 is 0. The van der Waals surface area contributed by atoms with Crippen LogP contribution >= 0.6 is 0 Å². The maximum atomic E-state index is 12.9. The van der Waals surface area contributed by atoms with Crippen molar-refractivity contribution in [3.63, 3.8) is 0 Å². The smallest absolute Gasteiger partial charge is 0.193 e. The lowest BCUT2D eigenvalue weighted by atomic mass is 10.0. The summed E-state index contributed by atoms with van der Waals surface area (Å²) in [7, 11) is 0. The van der Waals surface area contributed by atoms with Crippen molar-refractivity contribution in [2.45, 2.75) is 39.5 Å². The number of aromatic hydroxyl groups is 1. The molecule has 5 heteroatoms. The van der Waals surface area contributed by atoms with Gasteiger partial charge in [0.2, 0.25) is 0 Å². The molecule has 0 saturated heterocycles. The van der Waals surface area contributed by atoms with E-state index in [2.05, 4.69) is 147 Å². The molecule has 0 aliphatic carbocycles. The first-order valence-electron chi connectivity index (χ1n) is 20.5. The van der Waals surface area contributed by atoms with Gasteiger partial charge in [0.05, 0.1) is 0 Å². The Bertz CT molecular complexity index is 2640. The van der Waals surface area contributed by atoms with Crippen LogP contribution < -0.4 is 14.5 Å². The molecule has 0 amide bonds. The SMILES string of the molecule is CC(C)c1ccc(N(c2ccc(O)cc2)c2ccc(-c3ccc(N(c4ccc(Oc5ccc(C(=O)c6ccccc6)cc5)cc4)c4ccc(C(C)C)cc4)cc3)cc2)cc1. The highest BCUT2D eigenvalue weighted by Gasteiger charge is 2.17. The van der Waals surface area contributed by atoms with Gasteiger partial charge in [-0.15, -0.1) is 0 Å². The summed E-state index contributed by atoms with van der Waals surface area (Å²) in [5.74, 6) is 2.45. The standard InChI is InChI=1S/C55H48N2O3/c1-38(2)40-10-20-46(21-11-40)56(50-28-32-52(58)33-29-50)48-24-14-42(15-25-48)43-16-26-49(27-17-43)57(47-22-12-41(13-23-47)39(3)4)51-30-36-54(37-31-51)60-53-34-18-45(19-35-53)55(59)44-8-6-5-7-9-44/h5-39,58H,1-4H3. The molecule has 0 atom stereocenters. The number of hydrogen-bond acceptors (Lipinski definition) is 5. The molecule has 0 unspecified atom stereocenters. The monoisotopic (exact) mass is 784 g/mol. The van der Waals surface area contributed by atoms with E-state index in [1.165, 1.54) is 11.1 Å². The van der Waals surface area contributed by atoms with Crippen molar-refractivity contribution in [1.29, 1.82) is 0 Å². The molecule has 0 aromatic heterocycles. The number of anilines is 6. The topological polar surface area (TPSA) is 53.0 Å². The van der Waals surface area contributed by atoms with E-state index < -0.39 is 0 Å². The first-order chi connectivity index (χ1) is 29.2. The molecular weight excluding hydrogens is 737 g/mol. The Morgan fingerprint density at radius 1 is 0.400 bits per heavy atom. The number of benzene rings is 8. The van der Waals surface area contributed by atoms with Gasteiger partial charge in [0, 0.05) is 45.3 Å². The fraction of sp³-hybridized carbons (Fsp3) is 0.109. The van der Waals surface area contributed by atoms with Gasteiger partial charge >= 0.3 is 0 Å². The Labute approximate surface area is 353 Å². The van der Waals surface area contributed by atoms with E-state index in [0.717, 1.165) is 45.3 Å². The molecule has 60 heavy (non-hydrogen) atoms. The number of hydrogen-bond donors (Lipinski definition) is 1. The van der Waals surface area contributed by atoms with Gasteiger partial charge in [-0.25, -0.2) is 0 Å². The first kappa shape index (κ1) is 39.5. The Kier molecular flexibility index (Phi) is 11.6. The summed E-state index contributed by atoms with van der Waals surface area (Å²) in [6.07, 6.45) is 0. The highest BCUT2D eigenvalue weighted by molar-refractivity contribution is 6.09. The van der Waals surface area contributed by atoms with Crippen LogP contribution in [0.4, 0.5) is 34.1 Å². The number of ether oxygens (including phenoxy) is 1. The molecular formula is C55H48N2O3. The second-order valence-electron chi connectivity index (χ2n) is 15.6. The van der Waals surface area contributed by atoms with E-state index in [0.29, 0.717) is 34.5 Å². The van der Waals surface area contributed by atoms with E-state index in [4.69, 9.17) is 4.74 Å². The van der Waals surface area contributed by atoms with Crippen molar-refractivity contribution in [2.75, 3.05) is 9.80 Å². The van der Waals surface area contributed by atoms with Crippen LogP contribution in [0.3, 0.4) is 0 Å². The summed E-state index contributed by atoms with van der Waals surface area (Å²) in [6.45, 7) is 8.82. The van der Waals surface area contributed by atoms with E-state index in [1.54, 1.807) is 24.3 Å². The molecule has 0 radical (unpaired) electrons. The fourth-order valence-corrected chi connectivity index (χ4v) is 7.35. The zero-order valence-electron chi connectivity index (χ0n) is 34.4. The third-order valence-corrected chi connectivity index (χ3v) is 10.8. The van der Waals surface area contributed by atoms with Crippen LogP contribution in [-0.4, -0.2) is 10.9 Å². The van der Waals surface area contributed by atoms with Crippen molar-refractivity contribution in [3.8, 4) is 28.4 Å². The van der Waals surface area contributed by atoms with Gasteiger partial charge in [0.1, 0.15) is 17.2 Å². The zero-order chi connectivity index (χ0) is 41.6. The second kappa shape index (κ2) is 17.6. The Hall–Kier alpha value is -7.37. The number of carbonyl (C=O) groups excluding carboxylic acids is 1. The van der Waals surface area contributed by atoms with E-state index >= 15 is 0 Å². The molecule has 0 saturated carbocycles. The highest BCUT2D eigenvalue weighted by atomic mass is 16.5. The highest BCUT2D eigenvalue weighted by Crippen LogP contribution is 2.40. The maximum Gasteiger partial charge on any atom is 0.193 e. The van der Waals surface area contributed by atoms with Gasteiger partial charge in [0.15, 0.2) is 5.78 Å². The molecule has 0 bridgehead atoms. The molecule has 296 valence electrons. The summed E-state index contributed by atoms with van der Waals surface area (Å²) in [6, 6.07) is 66.8. The van der Waals surface area contributed by atoms with Crippen molar-refractivity contribution in [1.82, 2.24) is 0 Å². The molecule has 8 aromatic rings. The Morgan fingerprint density at radius 2 is 0.717 bits per heavy atom. The lowest BCUT2D eigenvalue weighted by Crippen LogP contribution is -2.10. The third-order valence-electron chi connectivity index (χ3n) is 10.8.